The van der Waals surface area contributed by atoms with Gasteiger partial charge in [0, 0.05) is 23.2 Å². The third-order valence-corrected chi connectivity index (χ3v) is 3.45. The Labute approximate surface area is 134 Å². The topological polar surface area (TPSA) is 66.2 Å². The van der Waals surface area contributed by atoms with Crippen LogP contribution in [0.3, 0.4) is 0 Å². The second-order valence-corrected chi connectivity index (χ2v) is 5.00. The molecule has 2 heterocycles. The molecule has 2 aromatic carbocycles. The SMILES string of the molecule is OB(O)c1ccccc1.c1cnc2c(c1)ccc1ncccc12. The van der Waals surface area contributed by atoms with Gasteiger partial charge in [0.1, 0.15) is 0 Å². The van der Waals surface area contributed by atoms with E-state index < -0.39 is 7.12 Å². The van der Waals surface area contributed by atoms with E-state index in [1.807, 2.05) is 30.5 Å². The van der Waals surface area contributed by atoms with Gasteiger partial charge in [0.05, 0.1) is 11.0 Å². The predicted molar refractivity (Wildman–Crippen MR) is 93.3 cm³/mol. The molecule has 0 radical (unpaired) electrons. The largest absolute Gasteiger partial charge is 0.488 e. The number of nitrogens with zero attached hydrogens (tertiary/aromatic N) is 2. The smallest absolute Gasteiger partial charge is 0.423 e. The van der Waals surface area contributed by atoms with Gasteiger partial charge in [0.15, 0.2) is 0 Å². The Morgan fingerprint density at radius 2 is 1.43 bits per heavy atom. The van der Waals surface area contributed by atoms with Crippen LogP contribution in [-0.4, -0.2) is 27.1 Å². The lowest BCUT2D eigenvalue weighted by Gasteiger charge is -2.00. The van der Waals surface area contributed by atoms with Crippen LogP contribution >= 0.6 is 0 Å². The Bertz CT molecular complexity index is 859. The van der Waals surface area contributed by atoms with Gasteiger partial charge in [0.25, 0.3) is 0 Å². The van der Waals surface area contributed by atoms with Crippen molar-refractivity contribution in [3.05, 3.63) is 79.1 Å². The number of rotatable bonds is 1. The van der Waals surface area contributed by atoms with Crippen LogP contribution in [0.4, 0.5) is 0 Å². The summed E-state index contributed by atoms with van der Waals surface area (Å²) in [6, 6.07) is 20.7. The van der Waals surface area contributed by atoms with Crippen molar-refractivity contribution in [3.63, 3.8) is 0 Å². The first-order chi connectivity index (χ1) is 11.3. The van der Waals surface area contributed by atoms with Crippen molar-refractivity contribution >= 4 is 34.4 Å². The summed E-state index contributed by atoms with van der Waals surface area (Å²) in [5, 5.41) is 19.4. The molecule has 0 saturated carbocycles. The molecule has 0 spiro atoms. The highest BCUT2D eigenvalue weighted by atomic mass is 16.4. The summed E-state index contributed by atoms with van der Waals surface area (Å²) in [4.78, 5) is 8.66. The molecule has 4 nitrogen and oxygen atoms in total. The number of hydrogen-bond donors (Lipinski definition) is 2. The number of benzene rings is 2. The molecule has 0 saturated heterocycles. The molecule has 0 unspecified atom stereocenters. The van der Waals surface area contributed by atoms with Crippen LogP contribution in [-0.2, 0) is 0 Å². The lowest BCUT2D eigenvalue weighted by Crippen LogP contribution is -2.29. The van der Waals surface area contributed by atoms with Crippen molar-refractivity contribution in [2.45, 2.75) is 0 Å². The van der Waals surface area contributed by atoms with Crippen LogP contribution in [0.25, 0.3) is 21.8 Å². The third-order valence-electron chi connectivity index (χ3n) is 3.45. The van der Waals surface area contributed by atoms with Crippen molar-refractivity contribution in [3.8, 4) is 0 Å². The zero-order chi connectivity index (χ0) is 16.1. The molecular formula is C18H15BN2O2. The molecule has 0 aliphatic rings. The Balaban J connectivity index is 0.000000151. The normalized spacial score (nSPS) is 10.2. The van der Waals surface area contributed by atoms with Crippen LogP contribution < -0.4 is 5.46 Å². The van der Waals surface area contributed by atoms with Gasteiger partial charge in [-0.25, -0.2) is 0 Å². The Morgan fingerprint density at radius 3 is 2.17 bits per heavy atom. The summed E-state index contributed by atoms with van der Waals surface area (Å²) in [6.45, 7) is 0. The van der Waals surface area contributed by atoms with E-state index in [0.717, 1.165) is 21.8 Å². The lowest BCUT2D eigenvalue weighted by molar-refractivity contribution is 0.426. The quantitative estimate of drug-likeness (QED) is 0.418. The molecule has 5 heteroatoms. The molecule has 23 heavy (non-hydrogen) atoms. The molecule has 0 amide bonds. The summed E-state index contributed by atoms with van der Waals surface area (Å²) in [5.74, 6) is 0. The Morgan fingerprint density at radius 1 is 0.696 bits per heavy atom. The van der Waals surface area contributed by atoms with E-state index in [1.54, 1.807) is 30.5 Å². The Hall–Kier alpha value is -2.76. The molecule has 0 bridgehead atoms. The number of pyridine rings is 2. The van der Waals surface area contributed by atoms with Crippen molar-refractivity contribution < 1.29 is 10.0 Å². The summed E-state index contributed by atoms with van der Waals surface area (Å²) in [6.07, 6.45) is 3.62. The van der Waals surface area contributed by atoms with E-state index in [2.05, 4.69) is 28.2 Å². The second kappa shape index (κ2) is 7.00. The summed E-state index contributed by atoms with van der Waals surface area (Å²) < 4.78 is 0. The zero-order valence-electron chi connectivity index (χ0n) is 12.4. The first-order valence-electron chi connectivity index (χ1n) is 7.25. The van der Waals surface area contributed by atoms with Gasteiger partial charge >= 0.3 is 7.12 Å². The molecule has 4 aromatic rings. The van der Waals surface area contributed by atoms with E-state index in [0.29, 0.717) is 5.46 Å². The van der Waals surface area contributed by atoms with Gasteiger partial charge in [0.2, 0.25) is 0 Å². The van der Waals surface area contributed by atoms with Crippen LogP contribution in [0, 0.1) is 0 Å². The minimum absolute atomic E-state index is 0.525. The highest BCUT2D eigenvalue weighted by Gasteiger charge is 2.07. The standard InChI is InChI=1S/C12H8N2.C6H7BO2/c1-3-9-5-6-11-10(4-2-7-13-11)12(9)14-8-1;8-7(9)6-4-2-1-3-5-6/h1-8H;1-5,8-9H. The van der Waals surface area contributed by atoms with E-state index in [9.17, 15) is 0 Å². The van der Waals surface area contributed by atoms with Gasteiger partial charge in [-0.15, -0.1) is 0 Å². The summed E-state index contributed by atoms with van der Waals surface area (Å²) >= 11 is 0. The number of aromatic nitrogens is 2. The number of fused-ring (bicyclic) bond motifs is 3. The maximum atomic E-state index is 8.58. The average Bonchev–Trinajstić information content (AvgIpc) is 2.63. The minimum Gasteiger partial charge on any atom is -0.423 e. The number of hydrogen-bond acceptors (Lipinski definition) is 4. The Kier molecular flexibility index (Phi) is 4.61. The van der Waals surface area contributed by atoms with E-state index >= 15 is 0 Å². The highest BCUT2D eigenvalue weighted by molar-refractivity contribution is 6.58. The van der Waals surface area contributed by atoms with Gasteiger partial charge in [-0.05, 0) is 29.7 Å². The fraction of sp³-hybridized carbons (Fsp3) is 0. The van der Waals surface area contributed by atoms with Crippen LogP contribution in [0.5, 0.6) is 0 Å². The molecular weight excluding hydrogens is 287 g/mol. The van der Waals surface area contributed by atoms with Gasteiger partial charge in [-0.1, -0.05) is 42.5 Å². The molecule has 0 atom stereocenters. The molecule has 0 fully saturated rings. The molecule has 0 aliphatic heterocycles. The molecule has 4 rings (SSSR count). The second-order valence-electron chi connectivity index (χ2n) is 5.00. The predicted octanol–water partition coefficient (Wildman–Crippen LogP) is 2.15. The van der Waals surface area contributed by atoms with E-state index in [4.69, 9.17) is 10.0 Å². The van der Waals surface area contributed by atoms with Crippen molar-refractivity contribution in [2.75, 3.05) is 0 Å². The van der Waals surface area contributed by atoms with Crippen LogP contribution in [0.1, 0.15) is 0 Å². The zero-order valence-corrected chi connectivity index (χ0v) is 12.4. The molecule has 112 valence electrons. The molecule has 2 N–H and O–H groups in total. The maximum Gasteiger partial charge on any atom is 0.488 e. The van der Waals surface area contributed by atoms with Gasteiger partial charge < -0.3 is 10.0 Å². The lowest BCUT2D eigenvalue weighted by atomic mass is 9.81. The molecule has 0 aliphatic carbocycles. The fourth-order valence-corrected chi connectivity index (χ4v) is 2.32. The van der Waals surface area contributed by atoms with E-state index in [-0.39, 0.29) is 0 Å². The van der Waals surface area contributed by atoms with Crippen molar-refractivity contribution in [1.82, 2.24) is 9.97 Å². The fourth-order valence-electron chi connectivity index (χ4n) is 2.32. The van der Waals surface area contributed by atoms with Crippen LogP contribution in [0.2, 0.25) is 0 Å². The summed E-state index contributed by atoms with van der Waals surface area (Å²) in [5.41, 5.74) is 2.55. The van der Waals surface area contributed by atoms with Gasteiger partial charge in [-0.2, -0.15) is 0 Å². The van der Waals surface area contributed by atoms with Crippen molar-refractivity contribution in [2.24, 2.45) is 0 Å². The van der Waals surface area contributed by atoms with Crippen LogP contribution in [0.15, 0.2) is 79.1 Å². The highest BCUT2D eigenvalue weighted by Crippen LogP contribution is 2.20. The third kappa shape index (κ3) is 3.53. The van der Waals surface area contributed by atoms with Crippen molar-refractivity contribution in [1.29, 1.82) is 0 Å². The van der Waals surface area contributed by atoms with Gasteiger partial charge in [-0.3, -0.25) is 9.97 Å². The maximum absolute atomic E-state index is 8.58. The van der Waals surface area contributed by atoms with E-state index in [1.165, 1.54) is 0 Å². The monoisotopic (exact) mass is 302 g/mol. The first-order valence-corrected chi connectivity index (χ1v) is 7.25. The minimum atomic E-state index is -1.34. The molecule has 2 aromatic heterocycles. The average molecular weight is 302 g/mol. The first kappa shape index (κ1) is 15.2. The summed E-state index contributed by atoms with van der Waals surface area (Å²) in [7, 11) is -1.34.